The number of allylic oxidation sites excluding steroid dienone is 16. The summed E-state index contributed by atoms with van der Waals surface area (Å²) in [7, 11) is -4.77. The number of rotatable bonds is 55. The Labute approximate surface area is 463 Å². The number of carbonyl (C=O) groups excluding carboxylic acids is 3. The number of aliphatic hydroxyl groups excluding tert-OH is 1. The van der Waals surface area contributed by atoms with E-state index in [0.717, 1.165) is 89.9 Å². The van der Waals surface area contributed by atoms with E-state index in [2.05, 4.69) is 106 Å². The van der Waals surface area contributed by atoms with E-state index in [1.807, 2.05) is 12.2 Å². The molecule has 0 spiro atoms. The van der Waals surface area contributed by atoms with Gasteiger partial charge in [-0.15, -0.1) is 0 Å². The van der Waals surface area contributed by atoms with E-state index < -0.39 is 57.8 Å². The molecule has 0 aliphatic heterocycles. The van der Waals surface area contributed by atoms with E-state index in [1.54, 1.807) is 0 Å². The maximum absolute atomic E-state index is 12.9. The van der Waals surface area contributed by atoms with Gasteiger partial charge in [-0.25, -0.2) is 4.57 Å². The highest BCUT2D eigenvalue weighted by Gasteiger charge is 2.28. The van der Waals surface area contributed by atoms with Gasteiger partial charge in [0.05, 0.1) is 19.8 Å². The average molecular weight is 1090 g/mol. The van der Waals surface area contributed by atoms with Crippen molar-refractivity contribution < 1.29 is 52.2 Å². The first-order chi connectivity index (χ1) is 37.2. The number of phosphoric ester groups is 1. The van der Waals surface area contributed by atoms with Gasteiger partial charge in [0.2, 0.25) is 0 Å². The Hall–Kier alpha value is -3.60. The summed E-state index contributed by atoms with van der Waals surface area (Å²) < 4.78 is 39.4. The van der Waals surface area contributed by atoms with Crippen molar-refractivity contribution in [3.05, 3.63) is 97.2 Å². The molecule has 3 atom stereocenters. The quantitative estimate of drug-likeness (QED) is 0.0197. The molecule has 0 radical (unpaired) electrons. The molecule has 0 amide bonds. The van der Waals surface area contributed by atoms with Crippen LogP contribution in [0.5, 0.6) is 0 Å². The SMILES string of the molecule is CC/C=C\C/C=C\C/C=C\C/C=C\C/C=C\C/C=C\CCC(=O)OC(COC(=O)CCCCCCCCCCC/C=C\CCCCCCCC)COP(=O)(O)OCC(CO)OC(=O)CCCCCCC/C=C\CCCC. The molecule has 0 fully saturated rings. The highest BCUT2D eigenvalue weighted by molar-refractivity contribution is 7.47. The molecule has 0 saturated carbocycles. The van der Waals surface area contributed by atoms with Gasteiger partial charge in [-0.2, -0.15) is 0 Å². The van der Waals surface area contributed by atoms with Crippen molar-refractivity contribution in [2.24, 2.45) is 0 Å². The Bertz CT molecular complexity index is 1640. The molecule has 0 aromatic rings. The van der Waals surface area contributed by atoms with Gasteiger partial charge < -0.3 is 24.2 Å². The van der Waals surface area contributed by atoms with E-state index in [-0.39, 0.29) is 25.9 Å². The molecule has 0 aliphatic carbocycles. The number of ether oxygens (including phenoxy) is 3. The molecular weight excluding hydrogens is 976 g/mol. The molecule has 11 nitrogen and oxygen atoms in total. The number of unbranched alkanes of at least 4 members (excludes halogenated alkanes) is 22. The second-order valence-corrected chi connectivity index (χ2v) is 21.2. The van der Waals surface area contributed by atoms with Crippen LogP contribution in [0.4, 0.5) is 0 Å². The summed E-state index contributed by atoms with van der Waals surface area (Å²) in [4.78, 5) is 48.5. The zero-order chi connectivity index (χ0) is 55.5. The van der Waals surface area contributed by atoms with Gasteiger partial charge in [0.15, 0.2) is 6.10 Å². The predicted molar refractivity (Wildman–Crippen MR) is 316 cm³/mol. The third-order valence-corrected chi connectivity index (χ3v) is 13.4. The van der Waals surface area contributed by atoms with Gasteiger partial charge in [-0.05, 0) is 103 Å². The first kappa shape index (κ1) is 72.4. The zero-order valence-corrected chi connectivity index (χ0v) is 49.1. The number of esters is 3. The predicted octanol–water partition coefficient (Wildman–Crippen LogP) is 18.0. The lowest BCUT2D eigenvalue weighted by atomic mass is 10.1. The molecule has 0 bridgehead atoms. The minimum Gasteiger partial charge on any atom is -0.462 e. The summed E-state index contributed by atoms with van der Waals surface area (Å²) in [5.74, 6) is -1.58. The molecule has 0 heterocycles. The van der Waals surface area contributed by atoms with Crippen molar-refractivity contribution >= 4 is 25.7 Å². The Morgan fingerprint density at radius 3 is 1.17 bits per heavy atom. The summed E-state index contributed by atoms with van der Waals surface area (Å²) >= 11 is 0. The van der Waals surface area contributed by atoms with Crippen molar-refractivity contribution in [3.8, 4) is 0 Å². The van der Waals surface area contributed by atoms with Gasteiger partial charge in [-0.1, -0.05) is 227 Å². The monoisotopic (exact) mass is 1080 g/mol. The molecule has 0 aromatic heterocycles. The number of aliphatic hydroxyl groups is 1. The fraction of sp³-hybridized carbons (Fsp3) is 0.703. The van der Waals surface area contributed by atoms with Crippen molar-refractivity contribution in [2.75, 3.05) is 26.4 Å². The second kappa shape index (κ2) is 57.6. The van der Waals surface area contributed by atoms with E-state index in [1.165, 1.54) is 96.3 Å². The van der Waals surface area contributed by atoms with Gasteiger partial charge in [0, 0.05) is 19.3 Å². The van der Waals surface area contributed by atoms with E-state index >= 15 is 0 Å². The lowest BCUT2D eigenvalue weighted by Gasteiger charge is -2.21. The van der Waals surface area contributed by atoms with Crippen LogP contribution >= 0.6 is 7.82 Å². The minimum atomic E-state index is -4.77. The fourth-order valence-electron chi connectivity index (χ4n) is 7.89. The molecule has 436 valence electrons. The molecule has 2 N–H and O–H groups in total. The van der Waals surface area contributed by atoms with Crippen LogP contribution in [0.2, 0.25) is 0 Å². The van der Waals surface area contributed by atoms with Crippen molar-refractivity contribution in [2.45, 2.75) is 264 Å². The smallest absolute Gasteiger partial charge is 0.462 e. The summed E-state index contributed by atoms with van der Waals surface area (Å²) in [5.41, 5.74) is 0. The van der Waals surface area contributed by atoms with E-state index in [9.17, 15) is 28.9 Å². The largest absolute Gasteiger partial charge is 0.472 e. The van der Waals surface area contributed by atoms with Crippen LogP contribution in [-0.2, 0) is 42.2 Å². The van der Waals surface area contributed by atoms with Crippen LogP contribution in [0.15, 0.2) is 97.2 Å². The number of hydrogen-bond acceptors (Lipinski definition) is 10. The van der Waals surface area contributed by atoms with Crippen molar-refractivity contribution in [1.29, 1.82) is 0 Å². The number of carbonyl (C=O) groups is 3. The van der Waals surface area contributed by atoms with Crippen LogP contribution in [0.1, 0.15) is 252 Å². The van der Waals surface area contributed by atoms with E-state index in [0.29, 0.717) is 25.7 Å². The summed E-state index contributed by atoms with van der Waals surface area (Å²) in [5, 5.41) is 9.80. The maximum atomic E-state index is 12.9. The third-order valence-electron chi connectivity index (χ3n) is 12.5. The van der Waals surface area contributed by atoms with Gasteiger partial charge >= 0.3 is 25.7 Å². The number of hydrogen-bond donors (Lipinski definition) is 2. The first-order valence-electron chi connectivity index (χ1n) is 30.1. The average Bonchev–Trinajstić information content (AvgIpc) is 3.41. The van der Waals surface area contributed by atoms with Gasteiger partial charge in [0.25, 0.3) is 0 Å². The maximum Gasteiger partial charge on any atom is 0.472 e. The minimum absolute atomic E-state index is 0.0386. The van der Waals surface area contributed by atoms with Crippen LogP contribution in [0.25, 0.3) is 0 Å². The Kier molecular flexibility index (Phi) is 54.8. The second-order valence-electron chi connectivity index (χ2n) is 19.8. The van der Waals surface area contributed by atoms with E-state index in [4.69, 9.17) is 23.3 Å². The summed E-state index contributed by atoms with van der Waals surface area (Å²) in [6, 6.07) is 0. The number of phosphoric acid groups is 1. The van der Waals surface area contributed by atoms with Crippen LogP contribution in [-0.4, -0.2) is 66.5 Å². The van der Waals surface area contributed by atoms with Gasteiger partial charge in [-0.3, -0.25) is 23.4 Å². The standard InChI is InChI=1S/C64H109O11P/c1-4-7-10-13-16-19-22-24-26-28-30-32-34-36-39-41-44-47-50-53-62(66)71-57-61(75-64(68)55-52-49-46-43-40-37-35-33-31-29-27-25-23-20-17-14-11-8-5-2)59-73-76(69,70)72-58-60(56-65)74-63(67)54-51-48-45-42-38-21-18-15-12-9-6-3/h8,11,15,17-18,20,24-27,31,33,37,40,46,49,60-61,65H,4-7,9-10,12-14,16,19,21-23,28-30,32,34-36,38-39,41-45,47-48,50-59H2,1-3H3,(H,69,70)/b11-8-,18-15-,20-17-,26-24-,27-25-,33-31-,40-37-,49-46-. The topological polar surface area (TPSA) is 155 Å². The molecule has 76 heavy (non-hydrogen) atoms. The molecule has 12 heteroatoms. The molecule has 0 aromatic carbocycles. The highest BCUT2D eigenvalue weighted by atomic mass is 31.2. The summed E-state index contributed by atoms with van der Waals surface area (Å²) in [6.45, 7) is 4.40. The fourth-order valence-corrected chi connectivity index (χ4v) is 8.67. The van der Waals surface area contributed by atoms with Crippen LogP contribution in [0.3, 0.4) is 0 Å². The first-order valence-corrected chi connectivity index (χ1v) is 31.6. The Balaban J connectivity index is 4.83. The Morgan fingerprint density at radius 1 is 0.382 bits per heavy atom. The van der Waals surface area contributed by atoms with Crippen LogP contribution < -0.4 is 0 Å². The summed E-state index contributed by atoms with van der Waals surface area (Å²) in [6.07, 6.45) is 68.2. The van der Waals surface area contributed by atoms with Gasteiger partial charge in [0.1, 0.15) is 12.7 Å². The van der Waals surface area contributed by atoms with Crippen molar-refractivity contribution in [3.63, 3.8) is 0 Å². The Morgan fingerprint density at radius 2 is 0.724 bits per heavy atom. The van der Waals surface area contributed by atoms with Crippen molar-refractivity contribution in [1.82, 2.24) is 0 Å². The molecule has 0 saturated heterocycles. The molecule has 0 aliphatic rings. The zero-order valence-electron chi connectivity index (χ0n) is 48.2. The molecule has 3 unspecified atom stereocenters. The third kappa shape index (κ3) is 55.2. The normalized spacial score (nSPS) is 14.0. The lowest BCUT2D eigenvalue weighted by molar-refractivity contribution is -0.161. The molecular formula is C64H109O11P. The lowest BCUT2D eigenvalue weighted by Crippen LogP contribution is -2.30. The van der Waals surface area contributed by atoms with Crippen LogP contribution in [0, 0.1) is 0 Å². The highest BCUT2D eigenvalue weighted by Crippen LogP contribution is 2.43. The molecule has 0 rings (SSSR count).